The molecule has 2 N–H and O–H groups in total. The van der Waals surface area contributed by atoms with Crippen LogP contribution in [-0.2, 0) is 21.4 Å². The number of amides is 1. The van der Waals surface area contributed by atoms with E-state index in [1.807, 2.05) is 30.3 Å². The van der Waals surface area contributed by atoms with Crippen LogP contribution in [0.5, 0.6) is 0 Å². The van der Waals surface area contributed by atoms with E-state index >= 15 is 0 Å². The molecule has 0 fully saturated rings. The molecule has 19 heavy (non-hydrogen) atoms. The predicted octanol–water partition coefficient (Wildman–Crippen LogP) is 0.933. The fourth-order valence-corrected chi connectivity index (χ4v) is 3.32. The van der Waals surface area contributed by atoms with Crippen molar-refractivity contribution in [1.82, 2.24) is 4.31 Å². The number of hydrogen-bond acceptors (Lipinski definition) is 3. The summed E-state index contributed by atoms with van der Waals surface area (Å²) in [6.07, 6.45) is -0.00561. The molecule has 106 valence electrons. The van der Waals surface area contributed by atoms with Gasteiger partial charge in [0.15, 0.2) is 0 Å². The zero-order valence-corrected chi connectivity index (χ0v) is 12.0. The average molecular weight is 305 g/mol. The number of hydrogen-bond donors (Lipinski definition) is 1. The summed E-state index contributed by atoms with van der Waals surface area (Å²) in [5, 5.41) is 0. The van der Waals surface area contributed by atoms with E-state index in [2.05, 4.69) is 0 Å². The summed E-state index contributed by atoms with van der Waals surface area (Å²) >= 11 is 5.50. The molecule has 0 aromatic heterocycles. The van der Waals surface area contributed by atoms with Crippen molar-refractivity contribution in [2.75, 3.05) is 18.2 Å². The Morgan fingerprint density at radius 2 is 1.89 bits per heavy atom. The van der Waals surface area contributed by atoms with E-state index in [4.69, 9.17) is 17.3 Å². The Morgan fingerprint density at radius 1 is 1.26 bits per heavy atom. The van der Waals surface area contributed by atoms with Gasteiger partial charge in [-0.15, -0.1) is 11.6 Å². The normalized spacial score (nSPS) is 11.7. The number of halogens is 1. The first-order chi connectivity index (χ1) is 8.95. The van der Waals surface area contributed by atoms with Crippen LogP contribution in [0.25, 0.3) is 0 Å². The number of nitrogens with zero attached hydrogens (tertiary/aromatic N) is 1. The second-order valence-electron chi connectivity index (χ2n) is 4.04. The maximum atomic E-state index is 12.0. The first kappa shape index (κ1) is 15.9. The molecule has 1 amide bonds. The van der Waals surface area contributed by atoms with E-state index < -0.39 is 15.9 Å². The summed E-state index contributed by atoms with van der Waals surface area (Å²) in [5.41, 5.74) is 5.92. The van der Waals surface area contributed by atoms with Gasteiger partial charge in [0, 0.05) is 25.4 Å². The Morgan fingerprint density at radius 3 is 2.42 bits per heavy atom. The van der Waals surface area contributed by atoms with Crippen molar-refractivity contribution >= 4 is 27.5 Å². The van der Waals surface area contributed by atoms with Crippen LogP contribution in [0.2, 0.25) is 0 Å². The minimum Gasteiger partial charge on any atom is -0.370 e. The number of alkyl halides is 1. The number of benzene rings is 1. The fourth-order valence-electron chi connectivity index (χ4n) is 1.57. The smallest absolute Gasteiger partial charge is 0.218 e. The van der Waals surface area contributed by atoms with Gasteiger partial charge in [0.25, 0.3) is 0 Å². The molecule has 1 rings (SSSR count). The summed E-state index contributed by atoms with van der Waals surface area (Å²) in [6, 6.07) is 9.16. The molecule has 7 heteroatoms. The average Bonchev–Trinajstić information content (AvgIpc) is 2.35. The largest absolute Gasteiger partial charge is 0.370 e. The van der Waals surface area contributed by atoms with E-state index in [0.29, 0.717) is 0 Å². The maximum absolute atomic E-state index is 12.0. The lowest BCUT2D eigenvalue weighted by Crippen LogP contribution is -2.35. The van der Waals surface area contributed by atoms with Crippen molar-refractivity contribution in [1.29, 1.82) is 0 Å². The molecule has 0 atom stereocenters. The highest BCUT2D eigenvalue weighted by atomic mass is 35.5. The van der Waals surface area contributed by atoms with Gasteiger partial charge in [0.1, 0.15) is 0 Å². The number of primary amides is 1. The minimum absolute atomic E-state index is 0.00561. The number of carbonyl (C=O) groups is 1. The van der Waals surface area contributed by atoms with Gasteiger partial charge in [-0.25, -0.2) is 8.42 Å². The van der Waals surface area contributed by atoms with Crippen molar-refractivity contribution in [3.63, 3.8) is 0 Å². The quantitative estimate of drug-likeness (QED) is 0.726. The van der Waals surface area contributed by atoms with Crippen molar-refractivity contribution in [3.05, 3.63) is 35.9 Å². The van der Waals surface area contributed by atoms with Crippen LogP contribution in [-0.4, -0.2) is 36.8 Å². The lowest BCUT2D eigenvalue weighted by atomic mass is 10.2. The fraction of sp³-hybridized carbons (Fsp3) is 0.417. The molecule has 0 saturated carbocycles. The van der Waals surface area contributed by atoms with Gasteiger partial charge in [-0.05, 0) is 5.56 Å². The third-order valence-electron chi connectivity index (χ3n) is 2.54. The van der Waals surface area contributed by atoms with E-state index in [1.54, 1.807) is 0 Å². The first-order valence-corrected chi connectivity index (χ1v) is 7.96. The minimum atomic E-state index is -3.47. The zero-order chi connectivity index (χ0) is 14.3. The van der Waals surface area contributed by atoms with Crippen LogP contribution >= 0.6 is 11.6 Å². The van der Waals surface area contributed by atoms with Gasteiger partial charge in [0.05, 0.1) is 5.75 Å². The number of carbonyl (C=O) groups excluding carboxylic acids is 1. The van der Waals surface area contributed by atoms with E-state index in [9.17, 15) is 13.2 Å². The lowest BCUT2D eigenvalue weighted by molar-refractivity contribution is -0.118. The first-order valence-electron chi connectivity index (χ1n) is 5.81. The SMILES string of the molecule is NC(=O)CCN(Cc1ccccc1)S(=O)(=O)CCCl. The van der Waals surface area contributed by atoms with Crippen LogP contribution < -0.4 is 5.73 Å². The van der Waals surface area contributed by atoms with Gasteiger partial charge in [-0.1, -0.05) is 30.3 Å². The van der Waals surface area contributed by atoms with Crippen molar-refractivity contribution in [3.8, 4) is 0 Å². The molecule has 0 aliphatic carbocycles. The van der Waals surface area contributed by atoms with Gasteiger partial charge in [-0.2, -0.15) is 4.31 Å². The molecule has 1 aromatic carbocycles. The molecule has 0 aliphatic rings. The zero-order valence-electron chi connectivity index (χ0n) is 10.5. The van der Waals surface area contributed by atoms with Gasteiger partial charge < -0.3 is 5.73 Å². The van der Waals surface area contributed by atoms with Crippen molar-refractivity contribution < 1.29 is 13.2 Å². The Labute approximate surface area is 118 Å². The molecular weight excluding hydrogens is 288 g/mol. The number of rotatable bonds is 8. The monoisotopic (exact) mass is 304 g/mol. The van der Waals surface area contributed by atoms with Crippen molar-refractivity contribution in [2.24, 2.45) is 5.73 Å². The van der Waals surface area contributed by atoms with Gasteiger partial charge >= 0.3 is 0 Å². The summed E-state index contributed by atoms with van der Waals surface area (Å²) in [7, 11) is -3.47. The van der Waals surface area contributed by atoms with Crippen LogP contribution in [0, 0.1) is 0 Å². The standard InChI is InChI=1S/C12H17ClN2O3S/c13-7-9-19(17,18)15(8-6-12(14)16)10-11-4-2-1-3-5-11/h1-5H,6-10H2,(H2,14,16). The molecular formula is C12H17ClN2O3S. The van der Waals surface area contributed by atoms with Gasteiger partial charge in [0.2, 0.25) is 15.9 Å². The van der Waals surface area contributed by atoms with Crippen LogP contribution in [0.15, 0.2) is 30.3 Å². The number of sulfonamides is 1. The maximum Gasteiger partial charge on any atom is 0.218 e. The molecule has 0 heterocycles. The second kappa shape index (κ2) is 7.47. The summed E-state index contributed by atoms with van der Waals surface area (Å²) in [5.74, 6) is -0.663. The Bertz CT molecular complexity index is 505. The van der Waals surface area contributed by atoms with Crippen LogP contribution in [0.3, 0.4) is 0 Å². The molecule has 0 saturated heterocycles. The molecule has 0 radical (unpaired) electrons. The molecule has 1 aromatic rings. The van der Waals surface area contributed by atoms with E-state index in [0.717, 1.165) is 5.56 Å². The summed E-state index contributed by atoms with van der Waals surface area (Å²) in [4.78, 5) is 10.8. The predicted molar refractivity (Wildman–Crippen MR) is 75.2 cm³/mol. The Balaban J connectivity index is 2.83. The third-order valence-corrected chi connectivity index (χ3v) is 4.77. The Kier molecular flexibility index (Phi) is 6.27. The van der Waals surface area contributed by atoms with E-state index in [-0.39, 0.29) is 31.1 Å². The van der Waals surface area contributed by atoms with Crippen LogP contribution in [0.4, 0.5) is 0 Å². The molecule has 0 spiro atoms. The third kappa shape index (κ3) is 5.59. The summed E-state index contributed by atoms with van der Waals surface area (Å²) in [6.45, 7) is 0.288. The highest BCUT2D eigenvalue weighted by molar-refractivity contribution is 7.89. The number of nitrogens with two attached hydrogens (primary N) is 1. The van der Waals surface area contributed by atoms with E-state index in [1.165, 1.54) is 4.31 Å². The lowest BCUT2D eigenvalue weighted by Gasteiger charge is -2.21. The Hall–Kier alpha value is -1.11. The molecule has 0 unspecified atom stereocenters. The topological polar surface area (TPSA) is 80.5 Å². The van der Waals surface area contributed by atoms with Crippen molar-refractivity contribution in [2.45, 2.75) is 13.0 Å². The molecule has 0 aliphatic heterocycles. The van der Waals surface area contributed by atoms with Crippen LogP contribution in [0.1, 0.15) is 12.0 Å². The second-order valence-corrected chi connectivity index (χ2v) is 6.51. The highest BCUT2D eigenvalue weighted by Gasteiger charge is 2.21. The summed E-state index contributed by atoms with van der Waals surface area (Å²) < 4.78 is 25.3. The molecule has 5 nitrogen and oxygen atoms in total. The van der Waals surface area contributed by atoms with Gasteiger partial charge in [-0.3, -0.25) is 4.79 Å². The molecule has 0 bridgehead atoms. The highest BCUT2D eigenvalue weighted by Crippen LogP contribution is 2.11.